The molecular weight excluding hydrogens is 475 g/mol. The molecule has 3 heterocycles. The minimum absolute atomic E-state index is 0. The molecule has 3 N–H and O–H groups in total. The van der Waals surface area contributed by atoms with Crippen molar-refractivity contribution >= 4 is 41.9 Å². The van der Waals surface area contributed by atoms with Crippen LogP contribution in [0.1, 0.15) is 31.6 Å². The molecule has 0 bridgehead atoms. The van der Waals surface area contributed by atoms with E-state index in [1.165, 1.54) is 17.7 Å². The Labute approximate surface area is 182 Å². The molecule has 2 saturated heterocycles. The second-order valence-corrected chi connectivity index (χ2v) is 6.62. The number of nitrogens with zero attached hydrogens (tertiary/aromatic N) is 3. The SMILES string of the molecule is CCNC(=NCC(c1ccco1)N1CCCC1)NCCN1C(=O)CNC1=O.I. The second-order valence-electron chi connectivity index (χ2n) is 6.62. The number of aliphatic imine (C=N–C) groups is 1. The van der Waals surface area contributed by atoms with Gasteiger partial charge in [0.05, 0.1) is 25.4 Å². The van der Waals surface area contributed by atoms with Gasteiger partial charge in [0, 0.05) is 19.6 Å². The van der Waals surface area contributed by atoms with Crippen LogP contribution in [0.15, 0.2) is 27.8 Å². The van der Waals surface area contributed by atoms with Crippen LogP contribution in [0.5, 0.6) is 0 Å². The number of nitrogens with one attached hydrogen (secondary N) is 3. The number of urea groups is 1. The average molecular weight is 504 g/mol. The van der Waals surface area contributed by atoms with Crippen LogP contribution in [-0.2, 0) is 4.79 Å². The van der Waals surface area contributed by atoms with Gasteiger partial charge in [-0.3, -0.25) is 19.6 Å². The first-order valence-electron chi connectivity index (χ1n) is 9.57. The van der Waals surface area contributed by atoms with E-state index in [0.717, 1.165) is 25.4 Å². The standard InChI is InChI=1S/C18H28N6O3.HI/c1-2-19-17(20-7-10-24-16(25)13-22-18(24)26)21-12-14(15-6-5-11-27-15)23-8-3-4-9-23;/h5-6,11,14H,2-4,7-10,12-13H2,1H3,(H,22,26)(H2,19,20,21);1H. The summed E-state index contributed by atoms with van der Waals surface area (Å²) in [6.07, 6.45) is 4.10. The zero-order valence-electron chi connectivity index (χ0n) is 16.1. The highest BCUT2D eigenvalue weighted by molar-refractivity contribution is 14.0. The third kappa shape index (κ3) is 5.84. The minimum Gasteiger partial charge on any atom is -0.468 e. The summed E-state index contributed by atoms with van der Waals surface area (Å²) in [6, 6.07) is 3.68. The van der Waals surface area contributed by atoms with Crippen molar-refractivity contribution in [2.45, 2.75) is 25.8 Å². The Morgan fingerprint density at radius 3 is 2.71 bits per heavy atom. The molecule has 0 saturated carbocycles. The molecule has 2 aliphatic heterocycles. The molecule has 9 nitrogen and oxygen atoms in total. The van der Waals surface area contributed by atoms with E-state index in [4.69, 9.17) is 9.41 Å². The molecule has 0 spiro atoms. The van der Waals surface area contributed by atoms with E-state index in [2.05, 4.69) is 20.9 Å². The predicted octanol–water partition coefficient (Wildman–Crippen LogP) is 1.14. The maximum atomic E-state index is 11.6. The van der Waals surface area contributed by atoms with Gasteiger partial charge in [0.15, 0.2) is 5.96 Å². The van der Waals surface area contributed by atoms with Crippen molar-refractivity contribution in [1.29, 1.82) is 0 Å². The third-order valence-corrected chi connectivity index (χ3v) is 4.78. The molecule has 1 unspecified atom stereocenters. The van der Waals surface area contributed by atoms with Crippen molar-refractivity contribution in [1.82, 2.24) is 25.8 Å². The van der Waals surface area contributed by atoms with Gasteiger partial charge in [-0.15, -0.1) is 24.0 Å². The van der Waals surface area contributed by atoms with Crippen molar-refractivity contribution in [2.24, 2.45) is 4.99 Å². The summed E-state index contributed by atoms with van der Waals surface area (Å²) in [6.45, 7) is 6.24. The molecule has 2 aliphatic rings. The Kier molecular flexibility index (Phi) is 9.03. The first kappa shape index (κ1) is 22.5. The zero-order valence-corrected chi connectivity index (χ0v) is 18.5. The lowest BCUT2D eigenvalue weighted by molar-refractivity contribution is -0.124. The quantitative estimate of drug-likeness (QED) is 0.213. The van der Waals surface area contributed by atoms with E-state index in [-0.39, 0.29) is 48.5 Å². The van der Waals surface area contributed by atoms with E-state index >= 15 is 0 Å². The Morgan fingerprint density at radius 2 is 2.11 bits per heavy atom. The van der Waals surface area contributed by atoms with Crippen molar-refractivity contribution in [2.75, 3.05) is 45.8 Å². The van der Waals surface area contributed by atoms with Crippen LogP contribution in [0.25, 0.3) is 0 Å². The molecule has 3 rings (SSSR count). The summed E-state index contributed by atoms with van der Waals surface area (Å²) in [5, 5.41) is 8.92. The van der Waals surface area contributed by atoms with Gasteiger partial charge in [0.1, 0.15) is 5.76 Å². The average Bonchev–Trinajstić information content (AvgIpc) is 3.41. The van der Waals surface area contributed by atoms with E-state index in [9.17, 15) is 9.59 Å². The lowest BCUT2D eigenvalue weighted by atomic mass is 10.2. The molecule has 3 amide bonds. The summed E-state index contributed by atoms with van der Waals surface area (Å²) >= 11 is 0. The topological polar surface area (TPSA) is 102 Å². The number of likely N-dealkylation sites (tertiary alicyclic amines) is 1. The fraction of sp³-hybridized carbons (Fsp3) is 0.611. The van der Waals surface area contributed by atoms with Gasteiger partial charge in [-0.05, 0) is 45.0 Å². The van der Waals surface area contributed by atoms with Crippen LogP contribution >= 0.6 is 24.0 Å². The fourth-order valence-electron chi connectivity index (χ4n) is 3.41. The molecule has 0 aromatic carbocycles. The number of imide groups is 1. The molecule has 2 fully saturated rings. The summed E-state index contributed by atoms with van der Waals surface area (Å²) in [7, 11) is 0. The van der Waals surface area contributed by atoms with Crippen molar-refractivity contribution in [3.05, 3.63) is 24.2 Å². The number of amides is 3. The molecule has 1 aromatic heterocycles. The lowest BCUT2D eigenvalue weighted by Gasteiger charge is -2.24. The number of carbonyl (C=O) groups excluding carboxylic acids is 2. The van der Waals surface area contributed by atoms with Gasteiger partial charge >= 0.3 is 6.03 Å². The van der Waals surface area contributed by atoms with Crippen LogP contribution in [0.3, 0.4) is 0 Å². The minimum atomic E-state index is -0.337. The monoisotopic (exact) mass is 504 g/mol. The zero-order chi connectivity index (χ0) is 19.1. The Hall–Kier alpha value is -1.82. The number of hydrogen-bond acceptors (Lipinski definition) is 5. The van der Waals surface area contributed by atoms with Gasteiger partial charge in [-0.25, -0.2) is 4.79 Å². The molecular formula is C18H29IN6O3. The summed E-state index contributed by atoms with van der Waals surface area (Å²) in [5.74, 6) is 1.40. The summed E-state index contributed by atoms with van der Waals surface area (Å²) < 4.78 is 5.63. The van der Waals surface area contributed by atoms with E-state index in [1.807, 2.05) is 19.1 Å². The maximum Gasteiger partial charge on any atom is 0.324 e. The molecule has 156 valence electrons. The summed E-state index contributed by atoms with van der Waals surface area (Å²) in [5.41, 5.74) is 0. The maximum absolute atomic E-state index is 11.6. The van der Waals surface area contributed by atoms with Crippen LogP contribution in [0.4, 0.5) is 4.79 Å². The van der Waals surface area contributed by atoms with Gasteiger partial charge in [-0.2, -0.15) is 0 Å². The molecule has 0 radical (unpaired) electrons. The van der Waals surface area contributed by atoms with Crippen molar-refractivity contribution < 1.29 is 14.0 Å². The molecule has 1 aromatic rings. The highest BCUT2D eigenvalue weighted by Crippen LogP contribution is 2.25. The normalized spacial score (nSPS) is 18.8. The Morgan fingerprint density at radius 1 is 1.32 bits per heavy atom. The number of rotatable bonds is 8. The molecule has 28 heavy (non-hydrogen) atoms. The summed E-state index contributed by atoms with van der Waals surface area (Å²) in [4.78, 5) is 31.5. The Bertz CT molecular complexity index is 644. The smallest absolute Gasteiger partial charge is 0.324 e. The number of hydrogen-bond donors (Lipinski definition) is 3. The highest BCUT2D eigenvalue weighted by Gasteiger charge is 2.28. The van der Waals surface area contributed by atoms with E-state index in [1.54, 1.807) is 6.26 Å². The van der Waals surface area contributed by atoms with Crippen LogP contribution < -0.4 is 16.0 Å². The second kappa shape index (κ2) is 11.2. The van der Waals surface area contributed by atoms with Crippen LogP contribution in [-0.4, -0.2) is 73.5 Å². The lowest BCUT2D eigenvalue weighted by Crippen LogP contribution is -2.43. The van der Waals surface area contributed by atoms with Crippen LogP contribution in [0.2, 0.25) is 0 Å². The van der Waals surface area contributed by atoms with Gasteiger partial charge < -0.3 is 20.4 Å². The van der Waals surface area contributed by atoms with Gasteiger partial charge in [0.25, 0.3) is 0 Å². The third-order valence-electron chi connectivity index (χ3n) is 4.78. The van der Waals surface area contributed by atoms with Crippen LogP contribution in [0, 0.1) is 0 Å². The number of halogens is 1. The van der Waals surface area contributed by atoms with Crippen molar-refractivity contribution in [3.63, 3.8) is 0 Å². The first-order chi connectivity index (χ1) is 13.2. The van der Waals surface area contributed by atoms with Crippen molar-refractivity contribution in [3.8, 4) is 0 Å². The highest BCUT2D eigenvalue weighted by atomic mass is 127. The molecule has 0 aliphatic carbocycles. The predicted molar refractivity (Wildman–Crippen MR) is 117 cm³/mol. The number of furan rings is 1. The Balaban J connectivity index is 0.00000280. The first-order valence-corrected chi connectivity index (χ1v) is 9.57. The largest absolute Gasteiger partial charge is 0.468 e. The van der Waals surface area contributed by atoms with E-state index in [0.29, 0.717) is 25.6 Å². The fourth-order valence-corrected chi connectivity index (χ4v) is 3.41. The molecule has 1 atom stereocenters. The van der Waals surface area contributed by atoms with Gasteiger partial charge in [0.2, 0.25) is 5.91 Å². The van der Waals surface area contributed by atoms with Gasteiger partial charge in [-0.1, -0.05) is 0 Å². The van der Waals surface area contributed by atoms with E-state index < -0.39 is 0 Å². The molecule has 10 heteroatoms. The number of carbonyl (C=O) groups is 2. The number of guanidine groups is 1.